The van der Waals surface area contributed by atoms with E-state index < -0.39 is 12.0 Å². The van der Waals surface area contributed by atoms with E-state index in [-0.39, 0.29) is 5.91 Å². The Labute approximate surface area is 83.7 Å². The Hall–Kier alpha value is -1.06. The van der Waals surface area contributed by atoms with E-state index in [1.165, 1.54) is 19.8 Å². The molecule has 1 unspecified atom stereocenters. The average molecular weight is 199 g/mol. The third-order valence-corrected chi connectivity index (χ3v) is 2.72. The second-order valence-corrected chi connectivity index (χ2v) is 3.98. The first-order valence-corrected chi connectivity index (χ1v) is 5.09. The maximum Gasteiger partial charge on any atom is 0.326 e. The normalized spacial score (nSPS) is 19.2. The van der Waals surface area contributed by atoms with Gasteiger partial charge in [0.05, 0.1) is 0 Å². The van der Waals surface area contributed by atoms with Gasteiger partial charge in [0.15, 0.2) is 0 Å². The summed E-state index contributed by atoms with van der Waals surface area (Å²) < 4.78 is 0. The minimum Gasteiger partial charge on any atom is -0.480 e. The molecule has 1 aliphatic carbocycles. The molecule has 1 aliphatic rings. The van der Waals surface area contributed by atoms with Crippen LogP contribution in [0.25, 0.3) is 0 Å². The molecule has 1 amide bonds. The standard InChI is InChI=1S/C10H17NO3/c1-7(12)11-9(10(13)14)6-8-4-2-3-5-8/h8-9H,2-6H2,1H3,(H,11,12)(H,13,14). The van der Waals surface area contributed by atoms with E-state index in [0.29, 0.717) is 12.3 Å². The van der Waals surface area contributed by atoms with Gasteiger partial charge in [0.25, 0.3) is 0 Å². The van der Waals surface area contributed by atoms with E-state index in [0.717, 1.165) is 12.8 Å². The summed E-state index contributed by atoms with van der Waals surface area (Å²) in [5.74, 6) is -0.717. The molecule has 0 heterocycles. The van der Waals surface area contributed by atoms with Gasteiger partial charge in [0.2, 0.25) is 5.91 Å². The average Bonchev–Trinajstić information content (AvgIpc) is 2.54. The van der Waals surface area contributed by atoms with E-state index in [4.69, 9.17) is 5.11 Å². The molecule has 1 fully saturated rings. The lowest BCUT2D eigenvalue weighted by Gasteiger charge is -2.16. The highest BCUT2D eigenvalue weighted by Crippen LogP contribution is 2.28. The summed E-state index contributed by atoms with van der Waals surface area (Å²) in [6, 6.07) is -0.699. The molecule has 1 atom stereocenters. The zero-order valence-electron chi connectivity index (χ0n) is 8.45. The van der Waals surface area contributed by atoms with Crippen LogP contribution in [0.3, 0.4) is 0 Å². The molecule has 0 bridgehead atoms. The zero-order valence-corrected chi connectivity index (χ0v) is 8.45. The van der Waals surface area contributed by atoms with Crippen LogP contribution in [0.5, 0.6) is 0 Å². The maximum atomic E-state index is 10.8. The van der Waals surface area contributed by atoms with Crippen LogP contribution in [-0.2, 0) is 9.59 Å². The Morgan fingerprint density at radius 3 is 2.43 bits per heavy atom. The Balaban J connectivity index is 2.41. The lowest BCUT2D eigenvalue weighted by molar-refractivity contribution is -0.142. The number of nitrogens with one attached hydrogen (secondary N) is 1. The molecule has 2 N–H and O–H groups in total. The maximum absolute atomic E-state index is 10.8. The molecule has 1 saturated carbocycles. The van der Waals surface area contributed by atoms with E-state index >= 15 is 0 Å². The van der Waals surface area contributed by atoms with Crippen molar-refractivity contribution in [1.29, 1.82) is 0 Å². The Morgan fingerprint density at radius 1 is 1.43 bits per heavy atom. The second-order valence-electron chi connectivity index (χ2n) is 3.98. The van der Waals surface area contributed by atoms with Gasteiger partial charge in [-0.05, 0) is 12.3 Å². The first-order valence-electron chi connectivity index (χ1n) is 5.09. The number of carbonyl (C=O) groups excluding carboxylic acids is 1. The number of carboxylic acids is 1. The molecule has 0 radical (unpaired) electrons. The number of aliphatic carboxylic acids is 1. The molecule has 0 aliphatic heterocycles. The predicted molar refractivity (Wildman–Crippen MR) is 51.8 cm³/mol. The number of hydrogen-bond donors (Lipinski definition) is 2. The van der Waals surface area contributed by atoms with E-state index in [9.17, 15) is 9.59 Å². The van der Waals surface area contributed by atoms with Crippen molar-refractivity contribution in [2.75, 3.05) is 0 Å². The highest BCUT2D eigenvalue weighted by atomic mass is 16.4. The molecular weight excluding hydrogens is 182 g/mol. The Morgan fingerprint density at radius 2 is 2.00 bits per heavy atom. The largest absolute Gasteiger partial charge is 0.480 e. The molecule has 0 aromatic rings. The predicted octanol–water partition coefficient (Wildman–Crippen LogP) is 1.16. The smallest absolute Gasteiger partial charge is 0.326 e. The van der Waals surface area contributed by atoms with Crippen LogP contribution >= 0.6 is 0 Å². The molecule has 0 saturated heterocycles. The van der Waals surface area contributed by atoms with Crippen molar-refractivity contribution in [3.63, 3.8) is 0 Å². The van der Waals surface area contributed by atoms with Crippen LogP contribution in [0.2, 0.25) is 0 Å². The SMILES string of the molecule is CC(=O)NC(CC1CCCC1)C(=O)O. The fraction of sp³-hybridized carbons (Fsp3) is 0.800. The molecular formula is C10H17NO3. The highest BCUT2D eigenvalue weighted by molar-refractivity contribution is 5.82. The van der Waals surface area contributed by atoms with Gasteiger partial charge in [0, 0.05) is 6.92 Å². The number of hydrogen-bond acceptors (Lipinski definition) is 2. The van der Waals surface area contributed by atoms with Gasteiger partial charge >= 0.3 is 5.97 Å². The number of carbonyl (C=O) groups is 2. The number of carboxylic acid groups (broad SMARTS) is 1. The minimum atomic E-state index is -0.924. The summed E-state index contributed by atoms with van der Waals surface area (Å²) in [5, 5.41) is 11.3. The van der Waals surface area contributed by atoms with Crippen molar-refractivity contribution in [1.82, 2.24) is 5.32 Å². The van der Waals surface area contributed by atoms with Crippen molar-refractivity contribution in [3.8, 4) is 0 Å². The number of amides is 1. The minimum absolute atomic E-state index is 0.268. The van der Waals surface area contributed by atoms with Gasteiger partial charge in [-0.25, -0.2) is 4.79 Å². The van der Waals surface area contributed by atoms with Crippen LogP contribution in [0.15, 0.2) is 0 Å². The molecule has 1 rings (SSSR count). The highest BCUT2D eigenvalue weighted by Gasteiger charge is 2.25. The van der Waals surface area contributed by atoms with E-state index in [1.807, 2.05) is 0 Å². The van der Waals surface area contributed by atoms with E-state index in [2.05, 4.69) is 5.32 Å². The zero-order chi connectivity index (χ0) is 10.6. The van der Waals surface area contributed by atoms with Crippen molar-refractivity contribution < 1.29 is 14.7 Å². The van der Waals surface area contributed by atoms with Crippen LogP contribution in [0.1, 0.15) is 39.0 Å². The summed E-state index contributed by atoms with van der Waals surface area (Å²) in [6.07, 6.45) is 5.16. The Bertz CT molecular complexity index is 221. The van der Waals surface area contributed by atoms with Crippen molar-refractivity contribution in [3.05, 3.63) is 0 Å². The van der Waals surface area contributed by atoms with Gasteiger partial charge in [-0.15, -0.1) is 0 Å². The molecule has 80 valence electrons. The quantitative estimate of drug-likeness (QED) is 0.714. The summed E-state index contributed by atoms with van der Waals surface area (Å²) in [6.45, 7) is 1.35. The summed E-state index contributed by atoms with van der Waals surface area (Å²) in [5.41, 5.74) is 0. The molecule has 4 nitrogen and oxygen atoms in total. The molecule has 0 spiro atoms. The van der Waals surface area contributed by atoms with Crippen molar-refractivity contribution >= 4 is 11.9 Å². The van der Waals surface area contributed by atoms with Crippen molar-refractivity contribution in [2.45, 2.75) is 45.1 Å². The van der Waals surface area contributed by atoms with E-state index in [1.54, 1.807) is 0 Å². The second kappa shape index (κ2) is 4.98. The third kappa shape index (κ3) is 3.36. The fourth-order valence-corrected chi connectivity index (χ4v) is 2.05. The first-order chi connectivity index (χ1) is 6.59. The molecule has 0 aromatic heterocycles. The van der Waals surface area contributed by atoms with Crippen LogP contribution in [0.4, 0.5) is 0 Å². The first kappa shape index (κ1) is 11.0. The van der Waals surface area contributed by atoms with Gasteiger partial charge < -0.3 is 10.4 Å². The summed E-state index contributed by atoms with van der Waals surface area (Å²) in [4.78, 5) is 21.6. The lowest BCUT2D eigenvalue weighted by Crippen LogP contribution is -2.40. The van der Waals surface area contributed by atoms with Gasteiger partial charge in [-0.2, -0.15) is 0 Å². The summed E-state index contributed by atoms with van der Waals surface area (Å²) >= 11 is 0. The lowest BCUT2D eigenvalue weighted by atomic mass is 9.98. The van der Waals surface area contributed by atoms with Gasteiger partial charge in [-0.3, -0.25) is 4.79 Å². The van der Waals surface area contributed by atoms with Crippen LogP contribution < -0.4 is 5.32 Å². The van der Waals surface area contributed by atoms with Gasteiger partial charge in [0.1, 0.15) is 6.04 Å². The molecule has 0 aromatic carbocycles. The fourth-order valence-electron chi connectivity index (χ4n) is 2.05. The van der Waals surface area contributed by atoms with Crippen LogP contribution in [0, 0.1) is 5.92 Å². The van der Waals surface area contributed by atoms with Crippen LogP contribution in [-0.4, -0.2) is 23.0 Å². The number of rotatable bonds is 4. The topological polar surface area (TPSA) is 66.4 Å². The monoisotopic (exact) mass is 199 g/mol. The third-order valence-electron chi connectivity index (χ3n) is 2.72. The van der Waals surface area contributed by atoms with Gasteiger partial charge in [-0.1, -0.05) is 25.7 Å². The molecule has 4 heteroatoms. The van der Waals surface area contributed by atoms with Crippen molar-refractivity contribution in [2.24, 2.45) is 5.92 Å². The Kier molecular flexibility index (Phi) is 3.92. The molecule has 14 heavy (non-hydrogen) atoms. The summed E-state index contributed by atoms with van der Waals surface area (Å²) in [7, 11) is 0.